The van der Waals surface area contributed by atoms with Gasteiger partial charge >= 0.3 is 6.18 Å². The molecule has 0 aromatic heterocycles. The Kier molecular flexibility index (Phi) is 10.4. The highest BCUT2D eigenvalue weighted by molar-refractivity contribution is 14.0. The van der Waals surface area contributed by atoms with Gasteiger partial charge in [-0.25, -0.2) is 0 Å². The van der Waals surface area contributed by atoms with E-state index in [-0.39, 0.29) is 48.4 Å². The van der Waals surface area contributed by atoms with Crippen LogP contribution in [-0.4, -0.2) is 67.2 Å². The van der Waals surface area contributed by atoms with Gasteiger partial charge in [-0.15, -0.1) is 24.0 Å². The van der Waals surface area contributed by atoms with E-state index in [1.54, 1.807) is 7.05 Å². The molecule has 1 saturated heterocycles. The number of halogens is 4. The largest absolute Gasteiger partial charge is 0.390 e. The second kappa shape index (κ2) is 11.5. The minimum atomic E-state index is -4.17. The smallest absolute Gasteiger partial charge is 0.356 e. The molecule has 10 heteroatoms. The molecule has 0 radical (unpaired) electrons. The van der Waals surface area contributed by atoms with Crippen molar-refractivity contribution >= 4 is 47.6 Å². The maximum absolute atomic E-state index is 12.5. The molecule has 5 nitrogen and oxygen atoms in total. The lowest BCUT2D eigenvalue weighted by atomic mass is 9.85. The summed E-state index contributed by atoms with van der Waals surface area (Å²) in [7, 11) is 1.55. The second-order valence-corrected chi connectivity index (χ2v) is 7.72. The van der Waals surface area contributed by atoms with Crippen molar-refractivity contribution in [1.82, 2.24) is 15.5 Å². The number of carbonyl (C=O) groups is 1. The Bertz CT molecular complexity index is 465. The fourth-order valence-electron chi connectivity index (χ4n) is 3.24. The number of carbonyl (C=O) groups excluding carboxylic acids is 1. The summed E-state index contributed by atoms with van der Waals surface area (Å²) in [5, 5.41) is 5.87. The van der Waals surface area contributed by atoms with Crippen molar-refractivity contribution in [1.29, 1.82) is 0 Å². The predicted molar refractivity (Wildman–Crippen MR) is 110 cm³/mol. The predicted octanol–water partition coefficient (Wildman–Crippen LogP) is 2.86. The third kappa shape index (κ3) is 8.10. The van der Waals surface area contributed by atoms with Crippen LogP contribution in [0.3, 0.4) is 0 Å². The Labute approximate surface area is 174 Å². The van der Waals surface area contributed by atoms with E-state index in [1.165, 1.54) is 0 Å². The number of nitrogens with zero attached hydrogens (tertiary/aromatic N) is 2. The molecule has 1 aliphatic heterocycles. The second-order valence-electron chi connectivity index (χ2n) is 6.49. The summed E-state index contributed by atoms with van der Waals surface area (Å²) in [6.45, 7) is 1.50. The zero-order valence-electron chi connectivity index (χ0n) is 15.0. The summed E-state index contributed by atoms with van der Waals surface area (Å²) >= 11 is 1.89. The lowest BCUT2D eigenvalue weighted by Crippen LogP contribution is -2.47. The minimum Gasteiger partial charge on any atom is -0.356 e. The van der Waals surface area contributed by atoms with Gasteiger partial charge in [-0.3, -0.25) is 9.79 Å². The van der Waals surface area contributed by atoms with Gasteiger partial charge in [0.25, 0.3) is 0 Å². The van der Waals surface area contributed by atoms with Crippen LogP contribution in [0, 0.1) is 5.92 Å². The molecule has 2 aliphatic rings. The van der Waals surface area contributed by atoms with E-state index >= 15 is 0 Å². The van der Waals surface area contributed by atoms with Crippen LogP contribution >= 0.6 is 35.7 Å². The summed E-state index contributed by atoms with van der Waals surface area (Å²) in [5.74, 6) is 2.78. The Hall–Kier alpha value is -0.390. The lowest BCUT2D eigenvalue weighted by molar-refractivity contribution is -0.136. The highest BCUT2D eigenvalue weighted by atomic mass is 127. The highest BCUT2D eigenvalue weighted by Crippen LogP contribution is 2.27. The molecule has 0 aromatic carbocycles. The molecule has 2 N–H and O–H groups in total. The van der Waals surface area contributed by atoms with E-state index < -0.39 is 12.6 Å². The molecular formula is C16H28F3IN4OS. The number of hydrogen-bond acceptors (Lipinski definition) is 3. The number of amides is 1. The molecule has 0 spiro atoms. The van der Waals surface area contributed by atoms with Crippen LogP contribution in [0.25, 0.3) is 0 Å². The summed E-state index contributed by atoms with van der Waals surface area (Å²) in [5.41, 5.74) is 0. The Balaban J connectivity index is 0.00000338. The maximum atomic E-state index is 12.5. The van der Waals surface area contributed by atoms with Crippen molar-refractivity contribution in [3.8, 4) is 0 Å². The van der Waals surface area contributed by atoms with Crippen LogP contribution in [0.5, 0.6) is 0 Å². The molecule has 2 fully saturated rings. The van der Waals surface area contributed by atoms with E-state index in [4.69, 9.17) is 0 Å². The third-order valence-electron chi connectivity index (χ3n) is 4.66. The summed E-state index contributed by atoms with van der Waals surface area (Å²) in [4.78, 5) is 18.5. The van der Waals surface area contributed by atoms with Crippen LogP contribution in [-0.2, 0) is 4.79 Å². The molecule has 0 atom stereocenters. The van der Waals surface area contributed by atoms with Gasteiger partial charge in [0, 0.05) is 50.1 Å². The topological polar surface area (TPSA) is 56.7 Å². The van der Waals surface area contributed by atoms with Gasteiger partial charge < -0.3 is 15.5 Å². The minimum absolute atomic E-state index is 0. The van der Waals surface area contributed by atoms with Crippen LogP contribution in [0.2, 0.25) is 0 Å². The van der Waals surface area contributed by atoms with Gasteiger partial charge in [0.05, 0.1) is 6.42 Å². The number of aliphatic imine (C=N–C) groups is 1. The van der Waals surface area contributed by atoms with E-state index in [0.717, 1.165) is 50.3 Å². The molecule has 0 unspecified atom stereocenters. The third-order valence-corrected chi connectivity index (χ3v) is 5.61. The molecule has 0 bridgehead atoms. The zero-order chi connectivity index (χ0) is 18.3. The quantitative estimate of drug-likeness (QED) is 0.349. The summed E-state index contributed by atoms with van der Waals surface area (Å²) < 4.78 is 36.6. The molecule has 1 heterocycles. The van der Waals surface area contributed by atoms with Gasteiger partial charge in [-0.05, 0) is 25.7 Å². The van der Waals surface area contributed by atoms with Crippen LogP contribution in [0.15, 0.2) is 4.99 Å². The average Bonchev–Trinajstić information content (AvgIpc) is 2.60. The van der Waals surface area contributed by atoms with Crippen LogP contribution in [0.1, 0.15) is 32.1 Å². The fourth-order valence-corrected chi connectivity index (χ4v) is 4.14. The molecule has 0 aromatic rings. The summed E-state index contributed by atoms with van der Waals surface area (Å²) in [6, 6.07) is 0.151. The molecule has 152 valence electrons. The molecular weight excluding hydrogens is 480 g/mol. The van der Waals surface area contributed by atoms with E-state index in [1.807, 2.05) is 16.7 Å². The Morgan fingerprint density at radius 2 is 1.81 bits per heavy atom. The van der Waals surface area contributed by atoms with Crippen molar-refractivity contribution in [2.75, 3.05) is 38.2 Å². The monoisotopic (exact) mass is 508 g/mol. The first kappa shape index (κ1) is 23.6. The number of hydrogen-bond donors (Lipinski definition) is 2. The van der Waals surface area contributed by atoms with E-state index in [9.17, 15) is 18.0 Å². The molecule has 1 amide bonds. The fraction of sp³-hybridized carbons (Fsp3) is 0.875. The van der Waals surface area contributed by atoms with E-state index in [2.05, 4.69) is 15.6 Å². The van der Waals surface area contributed by atoms with Crippen molar-refractivity contribution in [2.45, 2.75) is 44.3 Å². The summed E-state index contributed by atoms with van der Waals surface area (Å²) in [6.07, 6.45) is -1.75. The molecule has 1 aliphatic carbocycles. The number of thioether (sulfide) groups is 1. The number of nitrogens with one attached hydrogen (secondary N) is 2. The van der Waals surface area contributed by atoms with Gasteiger partial charge in [0.15, 0.2) is 5.96 Å². The standard InChI is InChI=1S/C16H27F3N4OS.HI/c1-20-15(21-7-6-16(17,18)19)22-13-4-2-12(3-5-13)14(24)23-8-10-25-11-9-23;/h12-13H,2-11H2,1H3,(H2,20,21,22);1H. The first-order chi connectivity index (χ1) is 11.9. The van der Waals surface area contributed by atoms with Crippen molar-refractivity contribution in [2.24, 2.45) is 10.9 Å². The van der Waals surface area contributed by atoms with Crippen molar-refractivity contribution in [3.63, 3.8) is 0 Å². The zero-order valence-corrected chi connectivity index (χ0v) is 18.1. The number of guanidine groups is 1. The molecule has 26 heavy (non-hydrogen) atoms. The Morgan fingerprint density at radius 3 is 2.35 bits per heavy atom. The first-order valence-electron chi connectivity index (χ1n) is 8.79. The van der Waals surface area contributed by atoms with Gasteiger partial charge in [-0.1, -0.05) is 0 Å². The average molecular weight is 508 g/mol. The van der Waals surface area contributed by atoms with Gasteiger partial charge in [0.1, 0.15) is 0 Å². The van der Waals surface area contributed by atoms with E-state index in [0.29, 0.717) is 5.96 Å². The highest BCUT2D eigenvalue weighted by Gasteiger charge is 2.30. The van der Waals surface area contributed by atoms with Crippen LogP contribution in [0.4, 0.5) is 13.2 Å². The van der Waals surface area contributed by atoms with Crippen molar-refractivity contribution in [3.05, 3.63) is 0 Å². The van der Waals surface area contributed by atoms with Gasteiger partial charge in [-0.2, -0.15) is 24.9 Å². The van der Waals surface area contributed by atoms with Crippen LogP contribution < -0.4 is 10.6 Å². The SMILES string of the molecule is CN=C(NCCC(F)(F)F)NC1CCC(C(=O)N2CCSCC2)CC1.I. The normalized spacial score (nSPS) is 24.6. The van der Waals surface area contributed by atoms with Gasteiger partial charge in [0.2, 0.25) is 5.91 Å². The Morgan fingerprint density at radius 1 is 1.19 bits per heavy atom. The maximum Gasteiger partial charge on any atom is 0.390 e. The number of alkyl halides is 3. The molecule has 2 rings (SSSR count). The molecule has 1 saturated carbocycles. The number of rotatable bonds is 4. The lowest BCUT2D eigenvalue weighted by Gasteiger charge is -2.34. The van der Waals surface area contributed by atoms with Crippen molar-refractivity contribution < 1.29 is 18.0 Å². The first-order valence-corrected chi connectivity index (χ1v) is 9.95.